The molecule has 1 amide bonds. The Labute approximate surface area is 177 Å². The van der Waals surface area contributed by atoms with Gasteiger partial charge in [0.15, 0.2) is 5.60 Å². The Morgan fingerprint density at radius 1 is 1.14 bits per heavy atom. The Morgan fingerprint density at radius 2 is 1.72 bits per heavy atom. The molecule has 0 aliphatic heterocycles. The minimum atomic E-state index is -3.25. The average Bonchev–Trinajstić information content (AvgIpc) is 2.57. The van der Waals surface area contributed by atoms with Crippen LogP contribution in [0.5, 0.6) is 5.75 Å². The van der Waals surface area contributed by atoms with Crippen molar-refractivity contribution in [2.45, 2.75) is 63.1 Å². The number of nitrogens with one attached hydrogen (secondary N) is 2. The summed E-state index contributed by atoms with van der Waals surface area (Å²) in [4.78, 5) is 13.1. The first-order valence-electron chi connectivity index (χ1n) is 10.2. The van der Waals surface area contributed by atoms with Gasteiger partial charge in [-0.15, -0.1) is 0 Å². The van der Waals surface area contributed by atoms with E-state index in [1.807, 2.05) is 0 Å². The van der Waals surface area contributed by atoms with Crippen molar-refractivity contribution in [3.63, 3.8) is 0 Å². The molecule has 3 unspecified atom stereocenters. The van der Waals surface area contributed by atoms with Crippen LogP contribution in [0.15, 0.2) is 24.3 Å². The highest BCUT2D eigenvalue weighted by molar-refractivity contribution is 7.88. The second-order valence-electron chi connectivity index (χ2n) is 9.69. The number of hydrogen-bond acceptors (Lipinski definition) is 4. The zero-order valence-electron chi connectivity index (χ0n) is 17.1. The van der Waals surface area contributed by atoms with Crippen molar-refractivity contribution < 1.29 is 17.9 Å². The number of sulfonamides is 1. The van der Waals surface area contributed by atoms with Crippen molar-refractivity contribution in [1.82, 2.24) is 10.0 Å². The maximum Gasteiger partial charge on any atom is 0.263 e. The number of ether oxygens (including phenoxy) is 1. The normalized spacial score (nSPS) is 33.5. The number of carbonyl (C=O) groups is 1. The first-order valence-corrected chi connectivity index (χ1v) is 12.5. The summed E-state index contributed by atoms with van der Waals surface area (Å²) in [6.45, 7) is 3.53. The van der Waals surface area contributed by atoms with E-state index < -0.39 is 15.6 Å². The van der Waals surface area contributed by atoms with E-state index in [4.69, 9.17) is 16.3 Å². The summed E-state index contributed by atoms with van der Waals surface area (Å²) in [6.07, 6.45) is 5.83. The highest BCUT2D eigenvalue weighted by atomic mass is 35.5. The van der Waals surface area contributed by atoms with Gasteiger partial charge in [0.1, 0.15) is 5.75 Å². The minimum absolute atomic E-state index is 0.0710. The lowest BCUT2D eigenvalue weighted by molar-refractivity contribution is -0.138. The Kier molecular flexibility index (Phi) is 5.15. The van der Waals surface area contributed by atoms with Gasteiger partial charge >= 0.3 is 0 Å². The van der Waals surface area contributed by atoms with Crippen LogP contribution in [0.3, 0.4) is 0 Å². The summed E-state index contributed by atoms with van der Waals surface area (Å²) in [5.74, 6) is 1.58. The van der Waals surface area contributed by atoms with E-state index >= 15 is 0 Å². The monoisotopic (exact) mass is 440 g/mol. The number of carbonyl (C=O) groups excluding carboxylic acids is 1. The van der Waals surface area contributed by atoms with E-state index in [0.717, 1.165) is 32.1 Å². The molecule has 0 heterocycles. The fourth-order valence-corrected chi connectivity index (χ4v) is 7.11. The Bertz CT molecular complexity index is 884. The van der Waals surface area contributed by atoms with Crippen LogP contribution in [0, 0.1) is 17.8 Å². The van der Waals surface area contributed by atoms with Crippen LogP contribution in [-0.2, 0) is 14.8 Å². The smallest absolute Gasteiger partial charge is 0.263 e. The Morgan fingerprint density at radius 3 is 2.28 bits per heavy atom. The van der Waals surface area contributed by atoms with Crippen LogP contribution < -0.4 is 14.8 Å². The fraction of sp³-hybridized carbons (Fsp3) is 0.667. The average molecular weight is 441 g/mol. The van der Waals surface area contributed by atoms with Crippen molar-refractivity contribution >= 4 is 27.5 Å². The largest absolute Gasteiger partial charge is 0.478 e. The van der Waals surface area contributed by atoms with Crippen LogP contribution >= 0.6 is 11.6 Å². The molecule has 0 aromatic heterocycles. The standard InChI is InChI=1S/C21H29ClN2O4S/c1-20(2,28-17-6-4-16(22)5-7-17)19(25)23-18-14-8-13-9-15(18)12-21(10-13,11-14)24-29(3,26)27/h4-7,13-15,18,24H,8-12H2,1-3H3,(H,23,25)/t13?,14-,15+,18?,21?. The third-order valence-corrected chi connectivity index (χ3v) is 7.76. The molecule has 0 radical (unpaired) electrons. The van der Waals surface area contributed by atoms with E-state index in [1.54, 1.807) is 38.1 Å². The maximum atomic E-state index is 13.1. The molecule has 4 aliphatic rings. The summed E-state index contributed by atoms with van der Waals surface area (Å²) in [7, 11) is -3.25. The number of halogens is 1. The molecular formula is C21H29ClN2O4S. The highest BCUT2D eigenvalue weighted by Gasteiger charge is 2.57. The molecule has 5 rings (SSSR count). The SMILES string of the molecule is CC(C)(Oc1ccc(Cl)cc1)C(=O)NC1[C@@H]2CC3C[C@H]1CC(NS(C)(=O)=O)(C3)C2. The van der Waals surface area contributed by atoms with Gasteiger partial charge in [-0.25, -0.2) is 13.1 Å². The first-order chi connectivity index (χ1) is 13.4. The third-order valence-electron chi connectivity index (χ3n) is 6.71. The Hall–Kier alpha value is -1.31. The number of rotatable bonds is 6. The van der Waals surface area contributed by atoms with Crippen molar-refractivity contribution in [2.24, 2.45) is 17.8 Å². The molecule has 4 aliphatic carbocycles. The lowest BCUT2D eigenvalue weighted by Crippen LogP contribution is -2.67. The van der Waals surface area contributed by atoms with Gasteiger partial charge in [-0.2, -0.15) is 0 Å². The van der Waals surface area contributed by atoms with Crippen LogP contribution in [0.25, 0.3) is 0 Å². The first kappa shape index (κ1) is 20.9. The van der Waals surface area contributed by atoms with Gasteiger partial charge in [0.25, 0.3) is 5.91 Å². The van der Waals surface area contributed by atoms with Gasteiger partial charge in [0, 0.05) is 16.6 Å². The summed E-state index contributed by atoms with van der Waals surface area (Å²) in [5, 5.41) is 3.86. The fourth-order valence-electron chi connectivity index (χ4n) is 5.95. The molecule has 0 spiro atoms. The molecule has 1 aromatic rings. The van der Waals surface area contributed by atoms with Crippen LogP contribution in [0.2, 0.25) is 5.02 Å². The predicted molar refractivity (Wildman–Crippen MR) is 112 cm³/mol. The topological polar surface area (TPSA) is 84.5 Å². The molecule has 29 heavy (non-hydrogen) atoms. The van der Waals surface area contributed by atoms with Crippen molar-refractivity contribution in [3.05, 3.63) is 29.3 Å². The highest BCUT2D eigenvalue weighted by Crippen LogP contribution is 2.56. The maximum absolute atomic E-state index is 13.1. The number of amides is 1. The molecule has 4 bridgehead atoms. The van der Waals surface area contributed by atoms with Gasteiger partial charge in [0.2, 0.25) is 10.0 Å². The Balaban J connectivity index is 1.45. The van der Waals surface area contributed by atoms with E-state index in [0.29, 0.717) is 28.5 Å². The molecule has 4 saturated carbocycles. The van der Waals surface area contributed by atoms with Gasteiger partial charge < -0.3 is 10.1 Å². The van der Waals surface area contributed by atoms with Crippen LogP contribution in [0.4, 0.5) is 0 Å². The summed E-state index contributed by atoms with van der Waals surface area (Å²) >= 11 is 5.92. The zero-order valence-corrected chi connectivity index (χ0v) is 18.6. The lowest BCUT2D eigenvalue weighted by Gasteiger charge is -2.60. The van der Waals surface area contributed by atoms with Gasteiger partial charge in [0.05, 0.1) is 6.26 Å². The van der Waals surface area contributed by atoms with E-state index in [1.165, 1.54) is 6.26 Å². The van der Waals surface area contributed by atoms with Crippen molar-refractivity contribution in [1.29, 1.82) is 0 Å². The third kappa shape index (κ3) is 4.42. The van der Waals surface area contributed by atoms with Gasteiger partial charge in [-0.1, -0.05) is 11.6 Å². The number of benzene rings is 1. The van der Waals surface area contributed by atoms with Gasteiger partial charge in [-0.3, -0.25) is 4.79 Å². The van der Waals surface area contributed by atoms with Crippen molar-refractivity contribution in [2.75, 3.05) is 6.26 Å². The van der Waals surface area contributed by atoms with Gasteiger partial charge in [-0.05, 0) is 88.0 Å². The predicted octanol–water partition coefficient (Wildman–Crippen LogP) is 3.11. The van der Waals surface area contributed by atoms with Crippen molar-refractivity contribution in [3.8, 4) is 5.75 Å². The summed E-state index contributed by atoms with van der Waals surface area (Å²) < 4.78 is 32.7. The molecule has 0 saturated heterocycles. The number of hydrogen-bond donors (Lipinski definition) is 2. The van der Waals surface area contributed by atoms with Crippen LogP contribution in [-0.4, -0.2) is 37.8 Å². The molecule has 8 heteroatoms. The van der Waals surface area contributed by atoms with E-state index in [2.05, 4.69) is 10.0 Å². The minimum Gasteiger partial charge on any atom is -0.478 e. The molecule has 1 aromatic carbocycles. The quantitative estimate of drug-likeness (QED) is 0.711. The molecular weight excluding hydrogens is 412 g/mol. The molecule has 2 N–H and O–H groups in total. The molecule has 160 valence electrons. The zero-order chi connectivity index (χ0) is 21.0. The molecule has 6 nitrogen and oxygen atoms in total. The van der Waals surface area contributed by atoms with E-state index in [9.17, 15) is 13.2 Å². The van der Waals surface area contributed by atoms with E-state index in [-0.39, 0.29) is 17.5 Å². The second-order valence-corrected chi connectivity index (χ2v) is 11.9. The summed E-state index contributed by atoms with van der Waals surface area (Å²) in [5.41, 5.74) is -1.36. The second kappa shape index (κ2) is 7.13. The summed E-state index contributed by atoms with van der Waals surface area (Å²) in [6, 6.07) is 7.04. The molecule has 5 atom stereocenters. The molecule has 4 fully saturated rings. The van der Waals surface area contributed by atoms with Crippen LogP contribution in [0.1, 0.15) is 46.0 Å². The lowest BCUT2D eigenvalue weighted by atomic mass is 9.51.